The zero-order chi connectivity index (χ0) is 10.2. The summed E-state index contributed by atoms with van der Waals surface area (Å²) in [6.45, 7) is 0.889. The largest absolute Gasteiger partial charge is 0.356 e. The van der Waals surface area contributed by atoms with Crippen molar-refractivity contribution in [1.29, 1.82) is 0 Å². The van der Waals surface area contributed by atoms with Crippen LogP contribution in [0.5, 0.6) is 0 Å². The first-order valence-electron chi connectivity index (χ1n) is 5.65. The fourth-order valence-electron chi connectivity index (χ4n) is 1.94. The van der Waals surface area contributed by atoms with Crippen molar-refractivity contribution in [3.63, 3.8) is 0 Å². The first kappa shape index (κ1) is 11.8. The highest BCUT2D eigenvalue weighted by atomic mass is 35.5. The second kappa shape index (κ2) is 7.10. The summed E-state index contributed by atoms with van der Waals surface area (Å²) >= 11 is 5.53. The third-order valence-corrected chi connectivity index (χ3v) is 3.12. The van der Waals surface area contributed by atoms with Crippen molar-refractivity contribution in [2.24, 2.45) is 5.92 Å². The summed E-state index contributed by atoms with van der Waals surface area (Å²) in [4.78, 5) is 11.3. The maximum absolute atomic E-state index is 11.3. The van der Waals surface area contributed by atoms with Crippen LogP contribution in [0, 0.1) is 5.92 Å². The molecule has 1 saturated carbocycles. The van der Waals surface area contributed by atoms with E-state index in [2.05, 4.69) is 5.32 Å². The predicted octanol–water partition coefficient (Wildman–Crippen LogP) is 2.70. The van der Waals surface area contributed by atoms with E-state index in [9.17, 15) is 4.79 Å². The number of nitrogens with one attached hydrogen (secondary N) is 1. The second-order valence-electron chi connectivity index (χ2n) is 4.10. The van der Waals surface area contributed by atoms with Crippen LogP contribution in [-0.2, 0) is 4.79 Å². The fourth-order valence-corrected chi connectivity index (χ4v) is 2.13. The highest BCUT2D eigenvalue weighted by molar-refractivity contribution is 6.17. The molecular formula is C11H20ClNO. The van der Waals surface area contributed by atoms with Crippen LogP contribution in [0.15, 0.2) is 0 Å². The second-order valence-corrected chi connectivity index (χ2v) is 4.48. The van der Waals surface area contributed by atoms with Crippen molar-refractivity contribution in [2.75, 3.05) is 12.4 Å². The summed E-state index contributed by atoms with van der Waals surface area (Å²) in [7, 11) is 0. The summed E-state index contributed by atoms with van der Waals surface area (Å²) < 4.78 is 0. The minimum Gasteiger partial charge on any atom is -0.356 e. The molecule has 1 amide bonds. The first-order valence-corrected chi connectivity index (χ1v) is 6.19. The first-order chi connectivity index (χ1) is 6.83. The maximum atomic E-state index is 11.3. The van der Waals surface area contributed by atoms with E-state index in [1.54, 1.807) is 0 Å². The Morgan fingerprint density at radius 1 is 1.29 bits per heavy atom. The van der Waals surface area contributed by atoms with Gasteiger partial charge in [-0.05, 0) is 31.6 Å². The number of hydrogen-bond donors (Lipinski definition) is 1. The SMILES string of the molecule is O=C(CCCCCl)NCC1CCCC1. The number of alkyl halides is 1. The molecule has 0 radical (unpaired) electrons. The van der Waals surface area contributed by atoms with Crippen molar-refractivity contribution in [3.8, 4) is 0 Å². The van der Waals surface area contributed by atoms with Gasteiger partial charge >= 0.3 is 0 Å². The molecule has 82 valence electrons. The molecule has 0 aromatic carbocycles. The molecule has 0 spiro atoms. The average Bonchev–Trinajstić information content (AvgIpc) is 2.68. The van der Waals surface area contributed by atoms with E-state index in [1.807, 2.05) is 0 Å². The number of hydrogen-bond acceptors (Lipinski definition) is 1. The van der Waals surface area contributed by atoms with Gasteiger partial charge in [0, 0.05) is 18.8 Å². The van der Waals surface area contributed by atoms with Crippen LogP contribution < -0.4 is 5.32 Å². The third kappa shape index (κ3) is 4.85. The normalized spacial score (nSPS) is 17.2. The minimum absolute atomic E-state index is 0.196. The summed E-state index contributed by atoms with van der Waals surface area (Å²) in [6.07, 6.45) is 7.77. The van der Waals surface area contributed by atoms with Crippen molar-refractivity contribution < 1.29 is 4.79 Å². The smallest absolute Gasteiger partial charge is 0.220 e. The Labute approximate surface area is 91.4 Å². The Morgan fingerprint density at radius 3 is 2.64 bits per heavy atom. The van der Waals surface area contributed by atoms with Gasteiger partial charge in [-0.3, -0.25) is 4.79 Å². The van der Waals surface area contributed by atoms with Gasteiger partial charge in [-0.15, -0.1) is 11.6 Å². The predicted molar refractivity (Wildman–Crippen MR) is 59.5 cm³/mol. The third-order valence-electron chi connectivity index (χ3n) is 2.85. The van der Waals surface area contributed by atoms with E-state index in [0.29, 0.717) is 12.3 Å². The van der Waals surface area contributed by atoms with Gasteiger partial charge < -0.3 is 5.32 Å². The Balaban J connectivity index is 1.96. The van der Waals surface area contributed by atoms with Gasteiger partial charge in [0.15, 0.2) is 0 Å². The molecule has 0 saturated heterocycles. The lowest BCUT2D eigenvalue weighted by Crippen LogP contribution is -2.28. The van der Waals surface area contributed by atoms with E-state index in [1.165, 1.54) is 25.7 Å². The van der Waals surface area contributed by atoms with E-state index in [4.69, 9.17) is 11.6 Å². The van der Waals surface area contributed by atoms with Crippen molar-refractivity contribution in [1.82, 2.24) is 5.32 Å². The molecule has 1 aliphatic carbocycles. The maximum Gasteiger partial charge on any atom is 0.220 e. The van der Waals surface area contributed by atoms with Crippen LogP contribution in [0.1, 0.15) is 44.9 Å². The molecule has 0 aromatic heterocycles. The van der Waals surface area contributed by atoms with Crippen molar-refractivity contribution >= 4 is 17.5 Å². The van der Waals surface area contributed by atoms with Crippen LogP contribution in [0.3, 0.4) is 0 Å². The molecule has 1 N–H and O–H groups in total. The minimum atomic E-state index is 0.196. The number of unbranched alkanes of at least 4 members (excludes halogenated alkanes) is 1. The molecule has 0 unspecified atom stereocenters. The van der Waals surface area contributed by atoms with Gasteiger partial charge in [-0.2, -0.15) is 0 Å². The topological polar surface area (TPSA) is 29.1 Å². The summed E-state index contributed by atoms with van der Waals surface area (Å²) in [5, 5.41) is 3.00. The average molecular weight is 218 g/mol. The molecule has 3 heteroatoms. The molecular weight excluding hydrogens is 198 g/mol. The van der Waals surface area contributed by atoms with Crippen LogP contribution in [-0.4, -0.2) is 18.3 Å². The molecule has 14 heavy (non-hydrogen) atoms. The molecule has 0 aromatic rings. The lowest BCUT2D eigenvalue weighted by molar-refractivity contribution is -0.121. The van der Waals surface area contributed by atoms with Crippen molar-refractivity contribution in [2.45, 2.75) is 44.9 Å². The Bertz CT molecular complexity index is 167. The Kier molecular flexibility index (Phi) is 6.00. The molecule has 1 rings (SSSR count). The van der Waals surface area contributed by atoms with Crippen LogP contribution in [0.4, 0.5) is 0 Å². The van der Waals surface area contributed by atoms with E-state index in [-0.39, 0.29) is 5.91 Å². The van der Waals surface area contributed by atoms with Gasteiger partial charge in [-0.25, -0.2) is 0 Å². The highest BCUT2D eigenvalue weighted by Crippen LogP contribution is 2.23. The number of carbonyl (C=O) groups is 1. The fraction of sp³-hybridized carbons (Fsp3) is 0.909. The zero-order valence-corrected chi connectivity index (χ0v) is 9.48. The van der Waals surface area contributed by atoms with Gasteiger partial charge in [0.1, 0.15) is 0 Å². The quantitative estimate of drug-likeness (QED) is 0.538. The van der Waals surface area contributed by atoms with Gasteiger partial charge in [0.25, 0.3) is 0 Å². The molecule has 0 aliphatic heterocycles. The van der Waals surface area contributed by atoms with E-state index < -0.39 is 0 Å². The Hall–Kier alpha value is -0.240. The number of amides is 1. The zero-order valence-electron chi connectivity index (χ0n) is 8.73. The van der Waals surface area contributed by atoms with Gasteiger partial charge in [0.05, 0.1) is 0 Å². The van der Waals surface area contributed by atoms with Crippen LogP contribution in [0.2, 0.25) is 0 Å². The molecule has 1 aliphatic rings. The summed E-state index contributed by atoms with van der Waals surface area (Å²) in [6, 6.07) is 0. The molecule has 1 fully saturated rings. The standard InChI is InChI=1S/C11H20ClNO/c12-8-4-3-7-11(14)13-9-10-5-1-2-6-10/h10H,1-9H2,(H,13,14). The monoisotopic (exact) mass is 217 g/mol. The number of carbonyl (C=O) groups excluding carboxylic acids is 1. The lowest BCUT2D eigenvalue weighted by Gasteiger charge is -2.10. The van der Waals surface area contributed by atoms with E-state index in [0.717, 1.165) is 25.3 Å². The summed E-state index contributed by atoms with van der Waals surface area (Å²) in [5.74, 6) is 1.60. The highest BCUT2D eigenvalue weighted by Gasteiger charge is 2.15. The number of halogens is 1. The van der Waals surface area contributed by atoms with Gasteiger partial charge in [0.2, 0.25) is 5.91 Å². The molecule has 0 heterocycles. The molecule has 0 atom stereocenters. The van der Waals surface area contributed by atoms with Gasteiger partial charge in [-0.1, -0.05) is 12.8 Å². The summed E-state index contributed by atoms with van der Waals surface area (Å²) in [5.41, 5.74) is 0. The molecule has 0 bridgehead atoms. The Morgan fingerprint density at radius 2 is 2.00 bits per heavy atom. The van der Waals surface area contributed by atoms with Crippen LogP contribution in [0.25, 0.3) is 0 Å². The number of rotatable bonds is 6. The van der Waals surface area contributed by atoms with E-state index >= 15 is 0 Å². The van der Waals surface area contributed by atoms with Crippen LogP contribution >= 0.6 is 11.6 Å². The molecule has 2 nitrogen and oxygen atoms in total. The van der Waals surface area contributed by atoms with Crippen molar-refractivity contribution in [3.05, 3.63) is 0 Å². The lowest BCUT2D eigenvalue weighted by atomic mass is 10.1.